The Kier molecular flexibility index (Phi) is 4.56. The number of nitrogens with one attached hydrogen (secondary N) is 1. The number of rotatable bonds is 4. The summed E-state index contributed by atoms with van der Waals surface area (Å²) >= 11 is 0. The van der Waals surface area contributed by atoms with Crippen molar-refractivity contribution in [3.8, 4) is 0 Å². The summed E-state index contributed by atoms with van der Waals surface area (Å²) in [6.45, 7) is 5.51. The van der Waals surface area contributed by atoms with Gasteiger partial charge in [0, 0.05) is 24.3 Å². The lowest BCUT2D eigenvalue weighted by Crippen LogP contribution is -2.33. The third kappa shape index (κ3) is 3.39. The minimum absolute atomic E-state index is 0.0311. The van der Waals surface area contributed by atoms with Crippen LogP contribution in [0.2, 0.25) is 0 Å². The molecule has 0 aliphatic carbocycles. The Hall–Kier alpha value is -2.34. The van der Waals surface area contributed by atoms with E-state index in [1.165, 1.54) is 6.92 Å². The first-order valence-electron chi connectivity index (χ1n) is 8.36. The van der Waals surface area contributed by atoms with E-state index in [0.29, 0.717) is 12.1 Å². The molecule has 0 fully saturated rings. The first kappa shape index (κ1) is 17.5. The number of carbonyl (C=O) groups excluding carboxylic acids is 1. The van der Waals surface area contributed by atoms with Gasteiger partial charge in [-0.2, -0.15) is 0 Å². The zero-order valence-corrected chi connectivity index (χ0v) is 15.4. The standard InChI is InChI=1S/C19H22N2O3S/c1-4-15-6-5-7-17(11-15)20-25(23,24)18-8-9-19-16(12-18)10-13(2)21(19)14(3)22/h5-9,11-13,20H,4,10H2,1-3H3/t13-/m1/s1. The van der Waals surface area contributed by atoms with Crippen LogP contribution in [0.3, 0.4) is 0 Å². The third-order valence-electron chi connectivity index (χ3n) is 4.50. The topological polar surface area (TPSA) is 66.5 Å². The van der Waals surface area contributed by atoms with Gasteiger partial charge in [-0.1, -0.05) is 19.1 Å². The Bertz CT molecular complexity index is 922. The monoisotopic (exact) mass is 358 g/mol. The molecule has 0 bridgehead atoms. The summed E-state index contributed by atoms with van der Waals surface area (Å²) < 4.78 is 28.0. The van der Waals surface area contributed by atoms with Gasteiger partial charge in [0.1, 0.15) is 0 Å². The summed E-state index contributed by atoms with van der Waals surface area (Å²) in [6, 6.07) is 12.4. The van der Waals surface area contributed by atoms with Crippen LogP contribution in [0.4, 0.5) is 11.4 Å². The van der Waals surface area contributed by atoms with Gasteiger partial charge >= 0.3 is 0 Å². The van der Waals surface area contributed by atoms with Crippen molar-refractivity contribution in [3.63, 3.8) is 0 Å². The number of aryl methyl sites for hydroxylation is 1. The molecule has 0 radical (unpaired) electrons. The third-order valence-corrected chi connectivity index (χ3v) is 5.88. The van der Waals surface area contributed by atoms with Crippen molar-refractivity contribution < 1.29 is 13.2 Å². The molecule has 3 rings (SSSR count). The molecule has 1 aliphatic heterocycles. The maximum absolute atomic E-state index is 12.7. The number of amides is 1. The molecule has 6 heteroatoms. The molecule has 0 spiro atoms. The Balaban J connectivity index is 1.91. The van der Waals surface area contributed by atoms with Crippen LogP contribution in [-0.4, -0.2) is 20.4 Å². The highest BCUT2D eigenvalue weighted by atomic mass is 32.2. The van der Waals surface area contributed by atoms with E-state index in [4.69, 9.17) is 0 Å². The van der Waals surface area contributed by atoms with Gasteiger partial charge in [0.25, 0.3) is 10.0 Å². The molecule has 1 N–H and O–H groups in total. The molecular weight excluding hydrogens is 336 g/mol. The summed E-state index contributed by atoms with van der Waals surface area (Å²) in [5.41, 5.74) is 3.30. The molecule has 1 atom stereocenters. The van der Waals surface area contributed by atoms with E-state index in [2.05, 4.69) is 4.72 Å². The van der Waals surface area contributed by atoms with Crippen LogP contribution in [0.25, 0.3) is 0 Å². The van der Waals surface area contributed by atoms with Gasteiger partial charge in [-0.3, -0.25) is 9.52 Å². The van der Waals surface area contributed by atoms with Crippen molar-refractivity contribution >= 4 is 27.3 Å². The number of benzene rings is 2. The van der Waals surface area contributed by atoms with Gasteiger partial charge < -0.3 is 4.90 Å². The zero-order chi connectivity index (χ0) is 18.2. The van der Waals surface area contributed by atoms with E-state index in [-0.39, 0.29) is 16.8 Å². The summed E-state index contributed by atoms with van der Waals surface area (Å²) in [5, 5.41) is 0. The lowest BCUT2D eigenvalue weighted by Gasteiger charge is -2.20. The van der Waals surface area contributed by atoms with Gasteiger partial charge in [0.15, 0.2) is 0 Å². The van der Waals surface area contributed by atoms with Crippen LogP contribution in [0, 0.1) is 0 Å². The second-order valence-corrected chi connectivity index (χ2v) is 8.07. The Labute approximate surface area is 148 Å². The van der Waals surface area contributed by atoms with Gasteiger partial charge in [-0.05, 0) is 61.2 Å². The fraction of sp³-hybridized carbons (Fsp3) is 0.316. The van der Waals surface area contributed by atoms with Crippen molar-refractivity contribution in [2.45, 2.75) is 44.6 Å². The van der Waals surface area contributed by atoms with E-state index in [9.17, 15) is 13.2 Å². The molecule has 1 heterocycles. The highest BCUT2D eigenvalue weighted by Gasteiger charge is 2.30. The van der Waals surface area contributed by atoms with Crippen molar-refractivity contribution in [1.82, 2.24) is 0 Å². The summed E-state index contributed by atoms with van der Waals surface area (Å²) in [4.78, 5) is 13.7. The van der Waals surface area contributed by atoms with Gasteiger partial charge in [-0.25, -0.2) is 8.42 Å². The molecule has 0 unspecified atom stereocenters. The minimum atomic E-state index is -3.67. The molecule has 2 aromatic rings. The van der Waals surface area contributed by atoms with Crippen LogP contribution in [0.5, 0.6) is 0 Å². The number of fused-ring (bicyclic) bond motifs is 1. The number of nitrogens with zero attached hydrogens (tertiary/aromatic N) is 1. The molecule has 1 aliphatic rings. The maximum Gasteiger partial charge on any atom is 0.261 e. The maximum atomic E-state index is 12.7. The van der Waals surface area contributed by atoms with Gasteiger partial charge in [0.05, 0.1) is 4.90 Å². The highest BCUT2D eigenvalue weighted by molar-refractivity contribution is 7.92. The smallest absolute Gasteiger partial charge is 0.261 e. The first-order valence-corrected chi connectivity index (χ1v) is 9.84. The Morgan fingerprint density at radius 1 is 1.24 bits per heavy atom. The lowest BCUT2D eigenvalue weighted by molar-refractivity contribution is -0.116. The minimum Gasteiger partial charge on any atom is -0.309 e. The molecule has 1 amide bonds. The average molecular weight is 358 g/mol. The molecule has 0 saturated carbocycles. The molecule has 25 heavy (non-hydrogen) atoms. The normalized spacial score (nSPS) is 16.6. The van der Waals surface area contributed by atoms with E-state index in [1.807, 2.05) is 32.0 Å². The Morgan fingerprint density at radius 2 is 2.00 bits per heavy atom. The number of sulfonamides is 1. The van der Waals surface area contributed by atoms with Crippen LogP contribution in [0.15, 0.2) is 47.4 Å². The van der Waals surface area contributed by atoms with Crippen LogP contribution >= 0.6 is 0 Å². The van der Waals surface area contributed by atoms with Crippen LogP contribution < -0.4 is 9.62 Å². The number of hydrogen-bond donors (Lipinski definition) is 1. The highest BCUT2D eigenvalue weighted by Crippen LogP contribution is 2.34. The van der Waals surface area contributed by atoms with Crippen LogP contribution in [0.1, 0.15) is 31.9 Å². The average Bonchev–Trinajstić information content (AvgIpc) is 2.89. The predicted molar refractivity (Wildman–Crippen MR) is 99.4 cm³/mol. The molecule has 0 aromatic heterocycles. The Morgan fingerprint density at radius 3 is 2.68 bits per heavy atom. The fourth-order valence-corrected chi connectivity index (χ4v) is 4.42. The molecule has 2 aromatic carbocycles. The predicted octanol–water partition coefficient (Wildman–Crippen LogP) is 3.35. The summed E-state index contributed by atoms with van der Waals surface area (Å²) in [6.07, 6.45) is 1.50. The quantitative estimate of drug-likeness (QED) is 0.911. The molecular formula is C19H22N2O3S. The number of hydrogen-bond acceptors (Lipinski definition) is 3. The number of anilines is 2. The molecule has 5 nitrogen and oxygen atoms in total. The lowest BCUT2D eigenvalue weighted by atomic mass is 10.1. The first-order chi connectivity index (χ1) is 11.8. The van der Waals surface area contributed by atoms with Crippen molar-refractivity contribution in [1.29, 1.82) is 0 Å². The van der Waals surface area contributed by atoms with Crippen molar-refractivity contribution in [3.05, 3.63) is 53.6 Å². The zero-order valence-electron chi connectivity index (χ0n) is 14.6. The summed E-state index contributed by atoms with van der Waals surface area (Å²) in [7, 11) is -3.67. The van der Waals surface area contributed by atoms with Crippen LogP contribution in [-0.2, 0) is 27.7 Å². The second kappa shape index (κ2) is 6.52. The van der Waals surface area contributed by atoms with Gasteiger partial charge in [0.2, 0.25) is 5.91 Å². The second-order valence-electron chi connectivity index (χ2n) is 6.39. The van der Waals surface area contributed by atoms with Crippen molar-refractivity contribution in [2.75, 3.05) is 9.62 Å². The van der Waals surface area contributed by atoms with E-state index in [1.54, 1.807) is 29.2 Å². The molecule has 0 saturated heterocycles. The van der Waals surface area contributed by atoms with E-state index >= 15 is 0 Å². The summed E-state index contributed by atoms with van der Waals surface area (Å²) in [5.74, 6) is -0.0311. The molecule has 132 valence electrons. The SMILES string of the molecule is CCc1cccc(NS(=O)(=O)c2ccc3c(c2)C[C@@H](C)N3C(C)=O)c1. The largest absolute Gasteiger partial charge is 0.309 e. The van der Waals surface area contributed by atoms with E-state index in [0.717, 1.165) is 23.2 Å². The van der Waals surface area contributed by atoms with Crippen molar-refractivity contribution in [2.24, 2.45) is 0 Å². The fourth-order valence-electron chi connectivity index (χ4n) is 3.32. The van der Waals surface area contributed by atoms with Gasteiger partial charge in [-0.15, -0.1) is 0 Å². The number of carbonyl (C=O) groups is 1. The van der Waals surface area contributed by atoms with E-state index < -0.39 is 10.0 Å².